The average Bonchev–Trinajstić information content (AvgIpc) is 3.60. The van der Waals surface area contributed by atoms with E-state index in [-0.39, 0.29) is 24.7 Å². The minimum absolute atomic E-state index is 0.0528. The maximum absolute atomic E-state index is 12.5. The second-order valence-electron chi connectivity index (χ2n) is 9.18. The minimum atomic E-state index is -0.456. The third-order valence-corrected chi connectivity index (χ3v) is 6.26. The Morgan fingerprint density at radius 1 is 1.17 bits per heavy atom. The van der Waals surface area contributed by atoms with Gasteiger partial charge in [0.1, 0.15) is 11.8 Å². The maximum atomic E-state index is 12.5. The van der Waals surface area contributed by atoms with Crippen molar-refractivity contribution in [2.45, 2.75) is 26.2 Å². The van der Waals surface area contributed by atoms with Crippen molar-refractivity contribution in [3.63, 3.8) is 0 Å². The smallest absolute Gasteiger partial charge is 0.248 e. The number of pyridine rings is 1. The Labute approximate surface area is 247 Å². The van der Waals surface area contributed by atoms with E-state index in [1.165, 1.54) is 31.2 Å². The molecule has 2 heterocycles. The van der Waals surface area contributed by atoms with Crippen molar-refractivity contribution in [3.05, 3.63) is 65.9 Å². The number of aromatic nitrogens is 1. The SMILES string of the molecule is C#C.C1CCOC1.CCc1cccc(Nc2c(C#N)cnc3cc(O)c(NC(=O)/C=C/CN(CCO)CCO)cc23)c1. The van der Waals surface area contributed by atoms with Gasteiger partial charge in [0.15, 0.2) is 0 Å². The second-order valence-corrected chi connectivity index (χ2v) is 9.18. The number of amides is 1. The van der Waals surface area contributed by atoms with Crippen molar-refractivity contribution >= 4 is 33.9 Å². The fourth-order valence-corrected chi connectivity index (χ4v) is 4.13. The van der Waals surface area contributed by atoms with Gasteiger partial charge in [-0.3, -0.25) is 14.7 Å². The number of anilines is 3. The number of nitrogens with one attached hydrogen (secondary N) is 2. The Morgan fingerprint density at radius 3 is 2.48 bits per heavy atom. The Morgan fingerprint density at radius 2 is 1.88 bits per heavy atom. The van der Waals surface area contributed by atoms with Gasteiger partial charge < -0.3 is 30.7 Å². The number of nitrogens with zero attached hydrogens (tertiary/aromatic N) is 3. The van der Waals surface area contributed by atoms with Crippen LogP contribution in [0, 0.1) is 24.2 Å². The number of rotatable bonds is 11. The molecule has 2 aromatic carbocycles. The standard InChI is InChI=1S/C26H29N5O4.C4H8O.C2H2/c1-2-18-5-3-6-20(13-18)29-26-19(16-27)17-28-22-15-24(34)23(14-21(22)26)30-25(35)7-4-8-31(9-11-32)10-12-33;1-2-4-5-3-1;1-2/h3-7,13-15,17,32-34H,2,8-12H2,1H3,(H,28,29)(H,30,35);1-4H2;1-2H/b7-4+;;. The van der Waals surface area contributed by atoms with Crippen molar-refractivity contribution in [2.24, 2.45) is 0 Å². The van der Waals surface area contributed by atoms with E-state index in [9.17, 15) is 15.2 Å². The zero-order valence-electron chi connectivity index (χ0n) is 23.9. The van der Waals surface area contributed by atoms with Crippen LogP contribution in [0.1, 0.15) is 30.9 Å². The number of aliphatic hydroxyl groups is 2. The molecule has 3 aromatic rings. The molecule has 0 bridgehead atoms. The van der Waals surface area contributed by atoms with Gasteiger partial charge in [0.2, 0.25) is 5.91 Å². The number of carbonyl (C=O) groups excluding carboxylic acids is 1. The Balaban J connectivity index is 0.000000781. The molecule has 5 N–H and O–H groups in total. The summed E-state index contributed by atoms with van der Waals surface area (Å²) < 4.78 is 4.94. The average molecular weight is 574 g/mol. The molecule has 0 atom stereocenters. The monoisotopic (exact) mass is 573 g/mol. The molecular formula is C32H39N5O5. The summed E-state index contributed by atoms with van der Waals surface area (Å²) in [6.45, 7) is 5.08. The molecule has 0 radical (unpaired) electrons. The summed E-state index contributed by atoms with van der Waals surface area (Å²) >= 11 is 0. The third kappa shape index (κ3) is 10.5. The van der Waals surface area contributed by atoms with Crippen LogP contribution in [0.15, 0.2) is 54.7 Å². The van der Waals surface area contributed by atoms with Crippen LogP contribution in [0.3, 0.4) is 0 Å². The molecule has 1 aliphatic rings. The number of benzene rings is 2. The zero-order chi connectivity index (χ0) is 30.7. The van der Waals surface area contributed by atoms with Crippen molar-refractivity contribution < 1.29 is 24.9 Å². The van der Waals surface area contributed by atoms with E-state index in [1.54, 1.807) is 17.0 Å². The summed E-state index contributed by atoms with van der Waals surface area (Å²) in [6, 6.07) is 13.0. The molecule has 0 aliphatic carbocycles. The number of nitriles is 1. The van der Waals surface area contributed by atoms with Gasteiger partial charge in [-0.05, 0) is 43.0 Å². The summed E-state index contributed by atoms with van der Waals surface area (Å²) in [5.41, 5.74) is 3.45. The molecule has 1 amide bonds. The van der Waals surface area contributed by atoms with Crippen molar-refractivity contribution in [1.82, 2.24) is 9.88 Å². The van der Waals surface area contributed by atoms with Crippen LogP contribution in [0.2, 0.25) is 0 Å². The molecule has 42 heavy (non-hydrogen) atoms. The number of carbonyl (C=O) groups is 1. The number of hydrogen-bond acceptors (Lipinski definition) is 9. The van der Waals surface area contributed by atoms with E-state index in [0.29, 0.717) is 41.8 Å². The van der Waals surface area contributed by atoms with Gasteiger partial charge in [-0.1, -0.05) is 25.1 Å². The van der Waals surface area contributed by atoms with Crippen LogP contribution in [-0.2, 0) is 16.0 Å². The number of phenols is 1. The lowest BCUT2D eigenvalue weighted by atomic mass is 10.1. The lowest BCUT2D eigenvalue weighted by Gasteiger charge is -2.17. The highest BCUT2D eigenvalue weighted by Gasteiger charge is 2.14. The molecule has 4 rings (SSSR count). The quantitative estimate of drug-likeness (QED) is 0.130. The van der Waals surface area contributed by atoms with E-state index in [2.05, 4.69) is 41.5 Å². The number of terminal acetylenes is 1. The normalized spacial score (nSPS) is 12.2. The van der Waals surface area contributed by atoms with Gasteiger partial charge in [0.25, 0.3) is 0 Å². The first-order valence-corrected chi connectivity index (χ1v) is 13.7. The third-order valence-electron chi connectivity index (χ3n) is 6.26. The molecule has 10 nitrogen and oxygen atoms in total. The molecule has 0 unspecified atom stereocenters. The number of fused-ring (bicyclic) bond motifs is 1. The van der Waals surface area contributed by atoms with Crippen molar-refractivity contribution in [3.8, 4) is 24.7 Å². The minimum Gasteiger partial charge on any atom is -0.506 e. The summed E-state index contributed by atoms with van der Waals surface area (Å²) in [5.74, 6) is -0.611. The molecule has 10 heteroatoms. The number of phenolic OH excluding ortho intramolecular Hbond substituents is 1. The second kappa shape index (κ2) is 18.8. The fourth-order valence-electron chi connectivity index (χ4n) is 4.13. The van der Waals surface area contributed by atoms with Crippen molar-refractivity contribution in [1.29, 1.82) is 5.26 Å². The molecule has 0 spiro atoms. The van der Waals surface area contributed by atoms with Gasteiger partial charge in [0, 0.05) is 62.3 Å². The van der Waals surface area contributed by atoms with Crippen LogP contribution < -0.4 is 10.6 Å². The first kappa shape index (κ1) is 33.8. The number of aromatic hydroxyl groups is 1. The Kier molecular flexibility index (Phi) is 15.1. The van der Waals surface area contributed by atoms with Crippen LogP contribution >= 0.6 is 0 Å². The van der Waals surface area contributed by atoms with Gasteiger partial charge in [-0.15, -0.1) is 12.8 Å². The van der Waals surface area contributed by atoms with Crippen LogP contribution in [0.4, 0.5) is 17.1 Å². The van der Waals surface area contributed by atoms with E-state index in [4.69, 9.17) is 14.9 Å². The summed E-state index contributed by atoms with van der Waals surface area (Å²) in [6.07, 6.45) is 15.8. The first-order chi connectivity index (χ1) is 20.5. The Hall–Kier alpha value is -4.45. The molecule has 1 fully saturated rings. The molecule has 1 aliphatic heterocycles. The summed E-state index contributed by atoms with van der Waals surface area (Å²) in [5, 5.41) is 44.8. The predicted molar refractivity (Wildman–Crippen MR) is 166 cm³/mol. The number of aliphatic hydroxyl groups excluding tert-OH is 2. The highest BCUT2D eigenvalue weighted by Crippen LogP contribution is 2.35. The first-order valence-electron chi connectivity index (χ1n) is 13.7. The largest absolute Gasteiger partial charge is 0.506 e. The summed E-state index contributed by atoms with van der Waals surface area (Å²) in [7, 11) is 0. The predicted octanol–water partition coefficient (Wildman–Crippen LogP) is 3.95. The molecule has 1 aromatic heterocycles. The van der Waals surface area contributed by atoms with Gasteiger partial charge >= 0.3 is 0 Å². The summed E-state index contributed by atoms with van der Waals surface area (Å²) in [4.78, 5) is 18.5. The van der Waals surface area contributed by atoms with Gasteiger partial charge in [-0.2, -0.15) is 5.26 Å². The van der Waals surface area contributed by atoms with Crippen LogP contribution in [0.5, 0.6) is 5.75 Å². The topological polar surface area (TPSA) is 151 Å². The number of ether oxygens (including phenoxy) is 1. The highest BCUT2D eigenvalue weighted by atomic mass is 16.5. The molecular weight excluding hydrogens is 534 g/mol. The Bertz CT molecular complexity index is 1370. The zero-order valence-corrected chi connectivity index (χ0v) is 23.9. The number of aryl methyl sites for hydroxylation is 1. The van der Waals surface area contributed by atoms with Crippen molar-refractivity contribution in [2.75, 3.05) is 56.7 Å². The van der Waals surface area contributed by atoms with Gasteiger partial charge in [-0.25, -0.2) is 0 Å². The van der Waals surface area contributed by atoms with Crippen LogP contribution in [0.25, 0.3) is 10.9 Å². The van der Waals surface area contributed by atoms with Gasteiger partial charge in [0.05, 0.1) is 35.7 Å². The highest BCUT2D eigenvalue weighted by molar-refractivity contribution is 6.04. The fraction of sp³-hybridized carbons (Fsp3) is 0.344. The van der Waals surface area contributed by atoms with E-state index in [0.717, 1.165) is 30.9 Å². The maximum Gasteiger partial charge on any atom is 0.248 e. The molecule has 1 saturated heterocycles. The lowest BCUT2D eigenvalue weighted by molar-refractivity contribution is -0.111. The number of hydrogen-bond donors (Lipinski definition) is 5. The molecule has 222 valence electrons. The van der Waals surface area contributed by atoms with E-state index < -0.39 is 5.91 Å². The van der Waals surface area contributed by atoms with Crippen LogP contribution in [-0.4, -0.2) is 77.2 Å². The van der Waals surface area contributed by atoms with E-state index in [1.807, 2.05) is 24.3 Å². The molecule has 0 saturated carbocycles. The lowest BCUT2D eigenvalue weighted by Crippen LogP contribution is -2.30. The van der Waals surface area contributed by atoms with E-state index >= 15 is 0 Å².